The zero-order chi connectivity index (χ0) is 13.5. The van der Waals surface area contributed by atoms with Gasteiger partial charge in [0, 0.05) is 19.0 Å². The van der Waals surface area contributed by atoms with Crippen molar-refractivity contribution in [2.75, 3.05) is 26.1 Å². The highest BCUT2D eigenvalue weighted by Gasteiger charge is 2.09. The van der Waals surface area contributed by atoms with E-state index < -0.39 is 5.97 Å². The zero-order valence-electron chi connectivity index (χ0n) is 10.9. The van der Waals surface area contributed by atoms with E-state index in [0.717, 1.165) is 17.0 Å². The van der Waals surface area contributed by atoms with E-state index in [0.29, 0.717) is 18.7 Å². The lowest BCUT2D eigenvalue weighted by Crippen LogP contribution is -2.07. The Kier molecular flexibility index (Phi) is 5.30. The molecule has 0 atom stereocenters. The fraction of sp³-hybridized carbons (Fsp3) is 0.462. The molecule has 0 amide bonds. The van der Waals surface area contributed by atoms with Gasteiger partial charge in [-0.3, -0.25) is 4.79 Å². The molecule has 0 spiro atoms. The van der Waals surface area contributed by atoms with Gasteiger partial charge in [-0.2, -0.15) is 0 Å². The van der Waals surface area contributed by atoms with Crippen LogP contribution in [0.3, 0.4) is 0 Å². The second-order valence-corrected chi connectivity index (χ2v) is 3.95. The molecule has 5 nitrogen and oxygen atoms in total. The van der Waals surface area contributed by atoms with Crippen molar-refractivity contribution < 1.29 is 19.4 Å². The predicted octanol–water partition coefficient (Wildman–Crippen LogP) is 2.29. The van der Waals surface area contributed by atoms with Crippen molar-refractivity contribution in [3.63, 3.8) is 0 Å². The van der Waals surface area contributed by atoms with Crippen LogP contribution < -0.4 is 14.8 Å². The highest BCUT2D eigenvalue weighted by molar-refractivity contribution is 5.67. The Bertz CT molecular complexity index is 418. The summed E-state index contributed by atoms with van der Waals surface area (Å²) in [6.07, 6.45) is 0.731. The number of methoxy groups -OCH3 is 2. The first-order valence-electron chi connectivity index (χ1n) is 5.76. The van der Waals surface area contributed by atoms with Crippen molar-refractivity contribution in [1.82, 2.24) is 0 Å². The second-order valence-electron chi connectivity index (χ2n) is 3.95. The molecule has 0 aromatic heterocycles. The lowest BCUT2D eigenvalue weighted by atomic mass is 10.1. The van der Waals surface area contributed by atoms with Crippen molar-refractivity contribution >= 4 is 11.7 Å². The molecule has 1 aromatic carbocycles. The summed E-state index contributed by atoms with van der Waals surface area (Å²) in [5.41, 5.74) is 1.88. The van der Waals surface area contributed by atoms with Gasteiger partial charge in [-0.05, 0) is 25.0 Å². The van der Waals surface area contributed by atoms with Crippen LogP contribution in [0.5, 0.6) is 11.5 Å². The standard InChI is InChI=1S/C13H19NO4/c1-9-7-10(17-2)8-11(18-3)13(9)14-6-4-5-12(15)16/h7-8,14H,4-6H2,1-3H3,(H,15,16). The summed E-state index contributed by atoms with van der Waals surface area (Å²) in [4.78, 5) is 10.4. The van der Waals surface area contributed by atoms with E-state index in [1.165, 1.54) is 0 Å². The molecule has 0 heterocycles. The van der Waals surface area contributed by atoms with Gasteiger partial charge in [-0.25, -0.2) is 0 Å². The number of rotatable bonds is 7. The number of carboxylic acid groups (broad SMARTS) is 1. The summed E-state index contributed by atoms with van der Waals surface area (Å²) in [5.74, 6) is 0.651. The first-order valence-corrected chi connectivity index (χ1v) is 5.76. The summed E-state index contributed by atoms with van der Waals surface area (Å²) in [6.45, 7) is 2.54. The first kappa shape index (κ1) is 14.2. The van der Waals surface area contributed by atoms with Crippen LogP contribution in [0.15, 0.2) is 12.1 Å². The van der Waals surface area contributed by atoms with Crippen molar-refractivity contribution in [1.29, 1.82) is 0 Å². The number of carboxylic acids is 1. The van der Waals surface area contributed by atoms with Crippen LogP contribution in [0.1, 0.15) is 18.4 Å². The first-order chi connectivity index (χ1) is 8.58. The summed E-state index contributed by atoms with van der Waals surface area (Å²) < 4.78 is 10.5. The normalized spacial score (nSPS) is 9.94. The third-order valence-electron chi connectivity index (χ3n) is 2.60. The van der Waals surface area contributed by atoms with Gasteiger partial charge in [0.05, 0.1) is 19.9 Å². The molecule has 0 bridgehead atoms. The van der Waals surface area contributed by atoms with E-state index in [-0.39, 0.29) is 6.42 Å². The van der Waals surface area contributed by atoms with Gasteiger partial charge in [0.2, 0.25) is 0 Å². The second kappa shape index (κ2) is 6.74. The van der Waals surface area contributed by atoms with E-state index in [9.17, 15) is 4.79 Å². The maximum absolute atomic E-state index is 10.4. The number of ether oxygens (including phenoxy) is 2. The number of carbonyl (C=O) groups is 1. The van der Waals surface area contributed by atoms with Gasteiger partial charge in [0.25, 0.3) is 0 Å². The molecule has 5 heteroatoms. The number of aryl methyl sites for hydroxylation is 1. The Labute approximate surface area is 107 Å². The topological polar surface area (TPSA) is 67.8 Å². The third-order valence-corrected chi connectivity index (χ3v) is 2.60. The zero-order valence-corrected chi connectivity index (χ0v) is 10.9. The Balaban J connectivity index is 2.72. The average Bonchev–Trinajstić information content (AvgIpc) is 2.34. The smallest absolute Gasteiger partial charge is 0.303 e. The lowest BCUT2D eigenvalue weighted by molar-refractivity contribution is -0.137. The van der Waals surface area contributed by atoms with E-state index in [2.05, 4.69) is 5.32 Å². The summed E-state index contributed by atoms with van der Waals surface area (Å²) in [6, 6.07) is 3.70. The fourth-order valence-electron chi connectivity index (χ4n) is 1.68. The van der Waals surface area contributed by atoms with Crippen LogP contribution in [-0.2, 0) is 4.79 Å². The van der Waals surface area contributed by atoms with E-state index in [1.807, 2.05) is 13.0 Å². The van der Waals surface area contributed by atoms with Gasteiger partial charge in [0.1, 0.15) is 11.5 Å². The minimum Gasteiger partial charge on any atom is -0.497 e. The van der Waals surface area contributed by atoms with E-state index >= 15 is 0 Å². The van der Waals surface area contributed by atoms with Gasteiger partial charge < -0.3 is 19.9 Å². The number of aliphatic carboxylic acids is 1. The fourth-order valence-corrected chi connectivity index (χ4v) is 1.68. The van der Waals surface area contributed by atoms with Crippen LogP contribution in [0.25, 0.3) is 0 Å². The molecule has 2 N–H and O–H groups in total. The van der Waals surface area contributed by atoms with Crippen molar-refractivity contribution in [3.05, 3.63) is 17.7 Å². The third kappa shape index (κ3) is 3.84. The monoisotopic (exact) mass is 253 g/mol. The van der Waals surface area contributed by atoms with Crippen molar-refractivity contribution in [2.24, 2.45) is 0 Å². The number of anilines is 1. The van der Waals surface area contributed by atoms with Gasteiger partial charge in [0.15, 0.2) is 0 Å². The molecule has 0 radical (unpaired) electrons. The van der Waals surface area contributed by atoms with Crippen LogP contribution >= 0.6 is 0 Å². The molecule has 18 heavy (non-hydrogen) atoms. The van der Waals surface area contributed by atoms with Gasteiger partial charge in [-0.1, -0.05) is 0 Å². The summed E-state index contributed by atoms with van der Waals surface area (Å²) in [5, 5.41) is 11.8. The van der Waals surface area contributed by atoms with Crippen LogP contribution in [0.4, 0.5) is 5.69 Å². The van der Waals surface area contributed by atoms with Gasteiger partial charge in [-0.15, -0.1) is 0 Å². The van der Waals surface area contributed by atoms with Crippen LogP contribution in [0.2, 0.25) is 0 Å². The highest BCUT2D eigenvalue weighted by atomic mass is 16.5. The number of benzene rings is 1. The molecule has 0 aliphatic rings. The number of nitrogens with one attached hydrogen (secondary N) is 1. The van der Waals surface area contributed by atoms with Crippen molar-refractivity contribution in [2.45, 2.75) is 19.8 Å². The molecule has 100 valence electrons. The van der Waals surface area contributed by atoms with Crippen LogP contribution in [-0.4, -0.2) is 31.8 Å². The van der Waals surface area contributed by atoms with Crippen LogP contribution in [0, 0.1) is 6.92 Å². The molecule has 0 fully saturated rings. The Morgan fingerprint density at radius 2 is 2.06 bits per heavy atom. The summed E-state index contributed by atoms with van der Waals surface area (Å²) in [7, 11) is 3.20. The Morgan fingerprint density at radius 3 is 2.61 bits per heavy atom. The molecule has 0 saturated heterocycles. The molecular weight excluding hydrogens is 234 g/mol. The minimum atomic E-state index is -0.782. The molecule has 0 aliphatic carbocycles. The van der Waals surface area contributed by atoms with E-state index in [1.54, 1.807) is 20.3 Å². The Morgan fingerprint density at radius 1 is 1.33 bits per heavy atom. The molecule has 0 unspecified atom stereocenters. The summed E-state index contributed by atoms with van der Waals surface area (Å²) >= 11 is 0. The molecule has 0 aliphatic heterocycles. The Hall–Kier alpha value is -1.91. The maximum Gasteiger partial charge on any atom is 0.303 e. The maximum atomic E-state index is 10.4. The lowest BCUT2D eigenvalue weighted by Gasteiger charge is -2.15. The largest absolute Gasteiger partial charge is 0.497 e. The predicted molar refractivity (Wildman–Crippen MR) is 69.6 cm³/mol. The number of hydrogen-bond donors (Lipinski definition) is 2. The van der Waals surface area contributed by atoms with E-state index in [4.69, 9.17) is 14.6 Å². The number of hydrogen-bond acceptors (Lipinski definition) is 4. The average molecular weight is 253 g/mol. The minimum absolute atomic E-state index is 0.157. The molecule has 1 aromatic rings. The van der Waals surface area contributed by atoms with Crippen molar-refractivity contribution in [3.8, 4) is 11.5 Å². The molecule has 1 rings (SSSR count). The quantitative estimate of drug-likeness (QED) is 0.730. The highest BCUT2D eigenvalue weighted by Crippen LogP contribution is 2.32. The molecule has 0 saturated carbocycles. The molecular formula is C13H19NO4. The SMILES string of the molecule is COc1cc(C)c(NCCCC(=O)O)c(OC)c1. The van der Waals surface area contributed by atoms with Gasteiger partial charge >= 0.3 is 5.97 Å².